The van der Waals surface area contributed by atoms with Crippen molar-refractivity contribution in [3.63, 3.8) is 0 Å². The molecule has 0 amide bonds. The van der Waals surface area contributed by atoms with Crippen molar-refractivity contribution >= 4 is 0 Å². The van der Waals surface area contributed by atoms with Gasteiger partial charge in [-0.2, -0.15) is 0 Å². The average molecular weight is 198 g/mol. The van der Waals surface area contributed by atoms with Crippen molar-refractivity contribution in [2.24, 2.45) is 0 Å². The van der Waals surface area contributed by atoms with Crippen LogP contribution < -0.4 is 0 Å². The van der Waals surface area contributed by atoms with Crippen molar-refractivity contribution in [1.82, 2.24) is 0 Å². The quantitative estimate of drug-likeness (QED) is 0.635. The van der Waals surface area contributed by atoms with E-state index in [0.29, 0.717) is 0 Å². The summed E-state index contributed by atoms with van der Waals surface area (Å²) in [6, 6.07) is 9.89. The van der Waals surface area contributed by atoms with E-state index in [0.717, 1.165) is 30.4 Å². The summed E-state index contributed by atoms with van der Waals surface area (Å²) in [7, 11) is 0. The molecule has 1 saturated carbocycles. The standard InChI is InChI=1S/C14H14O/c15-14-11-5-10-13(14)9-4-8-12-6-2-1-3-7-12/h1-3,6-7,9,14-15H,5,10-11H2/b13-9+. The summed E-state index contributed by atoms with van der Waals surface area (Å²) in [6.07, 6.45) is 4.57. The van der Waals surface area contributed by atoms with Crippen LogP contribution in [0.5, 0.6) is 0 Å². The molecule has 1 aliphatic carbocycles. The Hall–Kier alpha value is -1.52. The van der Waals surface area contributed by atoms with Crippen LogP contribution in [0.4, 0.5) is 0 Å². The third kappa shape index (κ3) is 2.71. The second-order valence-corrected chi connectivity index (χ2v) is 3.76. The second kappa shape index (κ2) is 4.82. The number of benzene rings is 1. The number of rotatable bonds is 0. The van der Waals surface area contributed by atoms with Gasteiger partial charge in [0.15, 0.2) is 0 Å². The minimum atomic E-state index is -0.255. The van der Waals surface area contributed by atoms with Gasteiger partial charge in [0.1, 0.15) is 0 Å². The normalized spacial score (nSPS) is 22.5. The van der Waals surface area contributed by atoms with Crippen LogP contribution in [0.15, 0.2) is 42.0 Å². The van der Waals surface area contributed by atoms with Crippen LogP contribution in [0.1, 0.15) is 24.8 Å². The molecular formula is C14H14O. The van der Waals surface area contributed by atoms with Crippen molar-refractivity contribution in [2.75, 3.05) is 0 Å². The van der Waals surface area contributed by atoms with Crippen molar-refractivity contribution < 1.29 is 5.11 Å². The molecule has 2 rings (SSSR count). The van der Waals surface area contributed by atoms with E-state index in [1.807, 2.05) is 36.4 Å². The minimum Gasteiger partial charge on any atom is -0.389 e. The number of aliphatic hydroxyl groups is 1. The van der Waals surface area contributed by atoms with Gasteiger partial charge in [-0.25, -0.2) is 0 Å². The van der Waals surface area contributed by atoms with Gasteiger partial charge < -0.3 is 5.11 Å². The first-order valence-corrected chi connectivity index (χ1v) is 5.30. The second-order valence-electron chi connectivity index (χ2n) is 3.76. The molecule has 0 heterocycles. The number of allylic oxidation sites excluding steroid dienone is 1. The Balaban J connectivity index is 2.07. The fraction of sp³-hybridized carbons (Fsp3) is 0.286. The first kappa shape index (κ1) is 10.0. The lowest BCUT2D eigenvalue weighted by molar-refractivity contribution is 0.218. The van der Waals surface area contributed by atoms with E-state index < -0.39 is 0 Å². The Morgan fingerprint density at radius 2 is 2.07 bits per heavy atom. The molecule has 1 N–H and O–H groups in total. The van der Waals surface area contributed by atoms with Crippen LogP contribution in [0, 0.1) is 11.8 Å². The van der Waals surface area contributed by atoms with Gasteiger partial charge in [0.2, 0.25) is 0 Å². The fourth-order valence-corrected chi connectivity index (χ4v) is 1.75. The third-order valence-corrected chi connectivity index (χ3v) is 2.62. The van der Waals surface area contributed by atoms with Gasteiger partial charge in [-0.15, -0.1) is 0 Å². The van der Waals surface area contributed by atoms with Gasteiger partial charge in [0, 0.05) is 5.56 Å². The van der Waals surface area contributed by atoms with Crippen molar-refractivity contribution in [3.8, 4) is 11.8 Å². The third-order valence-electron chi connectivity index (χ3n) is 2.62. The van der Waals surface area contributed by atoms with Crippen molar-refractivity contribution in [1.29, 1.82) is 0 Å². The van der Waals surface area contributed by atoms with Crippen LogP contribution >= 0.6 is 0 Å². The SMILES string of the molecule is OC1CCC/C1=C\C#Cc1ccccc1. The summed E-state index contributed by atoms with van der Waals surface area (Å²) in [5.74, 6) is 6.06. The first-order valence-electron chi connectivity index (χ1n) is 5.30. The Bertz CT molecular complexity index is 406. The molecule has 1 atom stereocenters. The molecule has 1 nitrogen and oxygen atoms in total. The highest BCUT2D eigenvalue weighted by Crippen LogP contribution is 2.23. The maximum absolute atomic E-state index is 9.55. The highest BCUT2D eigenvalue weighted by molar-refractivity contribution is 5.38. The Morgan fingerprint density at radius 3 is 2.73 bits per heavy atom. The predicted molar refractivity (Wildman–Crippen MR) is 61.3 cm³/mol. The Labute approximate surface area is 90.4 Å². The lowest BCUT2D eigenvalue weighted by atomic mass is 10.2. The van der Waals surface area contributed by atoms with Gasteiger partial charge in [0.05, 0.1) is 6.10 Å². The van der Waals surface area contributed by atoms with Crippen molar-refractivity contribution in [2.45, 2.75) is 25.4 Å². The molecule has 0 spiro atoms. The summed E-state index contributed by atoms with van der Waals surface area (Å²) in [4.78, 5) is 0. The lowest BCUT2D eigenvalue weighted by Crippen LogP contribution is -2.00. The average Bonchev–Trinajstić information content (AvgIpc) is 2.66. The number of hydrogen-bond acceptors (Lipinski definition) is 1. The van der Waals surface area contributed by atoms with Crippen molar-refractivity contribution in [3.05, 3.63) is 47.5 Å². The molecule has 15 heavy (non-hydrogen) atoms. The predicted octanol–water partition coefficient (Wildman–Crippen LogP) is 2.51. The summed E-state index contributed by atoms with van der Waals surface area (Å²) >= 11 is 0. The smallest absolute Gasteiger partial charge is 0.0759 e. The topological polar surface area (TPSA) is 20.2 Å². The summed E-state index contributed by atoms with van der Waals surface area (Å²) in [6.45, 7) is 0. The molecule has 0 aliphatic heterocycles. The van der Waals surface area contributed by atoms with Crippen LogP contribution in [-0.2, 0) is 0 Å². The molecule has 1 aliphatic rings. The van der Waals surface area contributed by atoms with E-state index in [2.05, 4.69) is 11.8 Å². The zero-order valence-electron chi connectivity index (χ0n) is 8.61. The molecule has 1 heteroatoms. The monoisotopic (exact) mass is 198 g/mol. The van der Waals surface area contributed by atoms with Crippen LogP contribution in [-0.4, -0.2) is 11.2 Å². The molecule has 0 radical (unpaired) electrons. The van der Waals surface area contributed by atoms with Gasteiger partial charge in [-0.3, -0.25) is 0 Å². The number of aliphatic hydroxyl groups excluding tert-OH is 1. The van der Waals surface area contributed by atoms with Crippen LogP contribution in [0.25, 0.3) is 0 Å². The maximum atomic E-state index is 9.55. The molecule has 1 fully saturated rings. The largest absolute Gasteiger partial charge is 0.389 e. The Morgan fingerprint density at radius 1 is 1.27 bits per heavy atom. The first-order chi connectivity index (χ1) is 7.36. The minimum absolute atomic E-state index is 0.255. The molecule has 1 unspecified atom stereocenters. The molecule has 76 valence electrons. The van der Waals surface area contributed by atoms with E-state index in [1.165, 1.54) is 0 Å². The van der Waals surface area contributed by atoms with E-state index in [1.54, 1.807) is 0 Å². The number of hydrogen-bond donors (Lipinski definition) is 1. The molecule has 0 bridgehead atoms. The van der Waals surface area contributed by atoms with Gasteiger partial charge in [0.25, 0.3) is 0 Å². The van der Waals surface area contributed by atoms with Gasteiger partial charge >= 0.3 is 0 Å². The maximum Gasteiger partial charge on any atom is 0.0759 e. The van der Waals surface area contributed by atoms with E-state index in [-0.39, 0.29) is 6.10 Å². The zero-order chi connectivity index (χ0) is 10.5. The molecule has 1 aromatic carbocycles. The molecule has 0 saturated heterocycles. The molecule has 1 aromatic rings. The van der Waals surface area contributed by atoms with E-state index in [9.17, 15) is 5.11 Å². The summed E-state index contributed by atoms with van der Waals surface area (Å²) in [5.41, 5.74) is 2.10. The zero-order valence-corrected chi connectivity index (χ0v) is 8.61. The molecular weight excluding hydrogens is 184 g/mol. The molecule has 0 aromatic heterocycles. The lowest BCUT2D eigenvalue weighted by Gasteiger charge is -1.99. The highest BCUT2D eigenvalue weighted by atomic mass is 16.3. The summed E-state index contributed by atoms with van der Waals surface area (Å²) in [5, 5.41) is 9.55. The van der Waals surface area contributed by atoms with E-state index >= 15 is 0 Å². The van der Waals surface area contributed by atoms with Gasteiger partial charge in [-0.1, -0.05) is 30.0 Å². The van der Waals surface area contributed by atoms with Gasteiger partial charge in [-0.05, 0) is 43.0 Å². The van der Waals surface area contributed by atoms with Crippen LogP contribution in [0.2, 0.25) is 0 Å². The summed E-state index contributed by atoms with van der Waals surface area (Å²) < 4.78 is 0. The van der Waals surface area contributed by atoms with Crippen LogP contribution in [0.3, 0.4) is 0 Å². The van der Waals surface area contributed by atoms with E-state index in [4.69, 9.17) is 0 Å². The fourth-order valence-electron chi connectivity index (χ4n) is 1.75. The Kier molecular flexibility index (Phi) is 3.22. The highest BCUT2D eigenvalue weighted by Gasteiger charge is 2.16.